The lowest BCUT2D eigenvalue weighted by molar-refractivity contribution is 0.677. The van der Waals surface area contributed by atoms with Crippen LogP contribution in [-0.2, 0) is 0 Å². The Morgan fingerprint density at radius 1 is 1.57 bits per heavy atom. The summed E-state index contributed by atoms with van der Waals surface area (Å²) in [7, 11) is 0. The van der Waals surface area contributed by atoms with Crippen molar-refractivity contribution in [1.82, 2.24) is 10.3 Å². The van der Waals surface area contributed by atoms with Crippen LogP contribution in [0.15, 0.2) is 29.4 Å². The summed E-state index contributed by atoms with van der Waals surface area (Å²) in [5.41, 5.74) is 0. The van der Waals surface area contributed by atoms with Gasteiger partial charge < -0.3 is 5.32 Å². The van der Waals surface area contributed by atoms with Crippen LogP contribution in [0.25, 0.3) is 0 Å². The molecular weight excluding hydrogens is 194 g/mol. The van der Waals surface area contributed by atoms with Crippen molar-refractivity contribution in [2.75, 3.05) is 12.3 Å². The molecule has 1 rings (SSSR count). The highest BCUT2D eigenvalue weighted by Gasteiger charge is 2.05. The van der Waals surface area contributed by atoms with Gasteiger partial charge in [-0.1, -0.05) is 6.92 Å². The second-order valence-corrected chi connectivity index (χ2v) is 3.83. The van der Waals surface area contributed by atoms with Crippen LogP contribution in [-0.4, -0.2) is 23.3 Å². The Balaban J connectivity index is 2.37. The highest BCUT2D eigenvalue weighted by Crippen LogP contribution is 2.16. The average Bonchev–Trinajstić information content (AvgIpc) is 2.25. The number of nitrogens with zero attached hydrogens (tertiary/aromatic N) is 2. The Bertz CT molecular complexity index is 294. The molecule has 0 bridgehead atoms. The van der Waals surface area contributed by atoms with Gasteiger partial charge in [-0.2, -0.15) is 5.26 Å². The van der Waals surface area contributed by atoms with Gasteiger partial charge in [-0.3, -0.25) is 4.98 Å². The van der Waals surface area contributed by atoms with Gasteiger partial charge in [-0.25, -0.2) is 0 Å². The number of aromatic nitrogens is 1. The van der Waals surface area contributed by atoms with Crippen LogP contribution in [0.1, 0.15) is 6.92 Å². The zero-order valence-corrected chi connectivity index (χ0v) is 8.92. The van der Waals surface area contributed by atoms with E-state index in [2.05, 4.69) is 16.4 Å². The Hall–Kier alpha value is -1.05. The fourth-order valence-corrected chi connectivity index (χ4v) is 1.87. The summed E-state index contributed by atoms with van der Waals surface area (Å²) in [5.74, 6) is 0.772. The molecule has 1 atom stereocenters. The zero-order valence-electron chi connectivity index (χ0n) is 8.10. The summed E-state index contributed by atoms with van der Waals surface area (Å²) in [6.45, 7) is 2.83. The van der Waals surface area contributed by atoms with Crippen LogP contribution in [0.3, 0.4) is 0 Å². The molecule has 0 amide bonds. The summed E-state index contributed by atoms with van der Waals surface area (Å²) >= 11 is 1.67. The molecule has 0 aromatic carbocycles. The van der Waals surface area contributed by atoms with Crippen LogP contribution < -0.4 is 5.32 Å². The molecular formula is C10H13N3S. The second-order valence-electron chi connectivity index (χ2n) is 2.73. The maximum absolute atomic E-state index is 8.80. The van der Waals surface area contributed by atoms with Gasteiger partial charge in [0.1, 0.15) is 6.04 Å². The van der Waals surface area contributed by atoms with Crippen molar-refractivity contribution in [3.8, 4) is 6.07 Å². The van der Waals surface area contributed by atoms with Gasteiger partial charge in [0.15, 0.2) is 0 Å². The quantitative estimate of drug-likeness (QED) is 0.746. The van der Waals surface area contributed by atoms with Crippen LogP contribution in [0.4, 0.5) is 0 Å². The van der Waals surface area contributed by atoms with E-state index in [-0.39, 0.29) is 6.04 Å². The first kappa shape index (κ1) is 11.0. The van der Waals surface area contributed by atoms with Crippen molar-refractivity contribution in [3.63, 3.8) is 0 Å². The third-order valence-corrected chi connectivity index (χ3v) is 2.78. The van der Waals surface area contributed by atoms with Gasteiger partial charge in [0.2, 0.25) is 0 Å². The van der Waals surface area contributed by atoms with Crippen LogP contribution in [0.2, 0.25) is 0 Å². The molecule has 1 heterocycles. The van der Waals surface area contributed by atoms with Gasteiger partial charge in [0, 0.05) is 23.0 Å². The summed E-state index contributed by atoms with van der Waals surface area (Å²) in [5, 5.41) is 11.9. The molecule has 3 nitrogen and oxygen atoms in total. The summed E-state index contributed by atoms with van der Waals surface area (Å²) in [6, 6.07) is 6.05. The molecule has 74 valence electrons. The standard InChI is InChI=1S/C10H13N3S/c1-2-13-9(7-11)8-14-10-3-5-12-6-4-10/h3-6,9,13H,2,8H2,1H3. The monoisotopic (exact) mass is 207 g/mol. The predicted molar refractivity (Wildman–Crippen MR) is 58.0 cm³/mol. The number of nitriles is 1. The molecule has 0 saturated heterocycles. The molecule has 1 N–H and O–H groups in total. The van der Waals surface area contributed by atoms with E-state index in [1.807, 2.05) is 19.1 Å². The maximum atomic E-state index is 8.80. The van der Waals surface area contributed by atoms with Crippen molar-refractivity contribution < 1.29 is 0 Å². The summed E-state index contributed by atoms with van der Waals surface area (Å²) in [6.07, 6.45) is 3.52. The first-order chi connectivity index (χ1) is 6.86. The number of rotatable bonds is 5. The van der Waals surface area contributed by atoms with Crippen molar-refractivity contribution in [1.29, 1.82) is 5.26 Å². The Morgan fingerprint density at radius 3 is 2.86 bits per heavy atom. The third-order valence-electron chi connectivity index (χ3n) is 1.67. The van der Waals surface area contributed by atoms with E-state index in [0.717, 1.165) is 17.2 Å². The molecule has 0 radical (unpaired) electrons. The van der Waals surface area contributed by atoms with Crippen molar-refractivity contribution >= 4 is 11.8 Å². The lowest BCUT2D eigenvalue weighted by atomic mass is 10.4. The van der Waals surface area contributed by atoms with E-state index in [4.69, 9.17) is 5.26 Å². The SMILES string of the molecule is CCNC(C#N)CSc1ccncc1. The van der Waals surface area contributed by atoms with Crippen molar-refractivity contribution in [2.45, 2.75) is 17.9 Å². The summed E-state index contributed by atoms with van der Waals surface area (Å²) < 4.78 is 0. The minimum atomic E-state index is -0.0711. The molecule has 1 aromatic heterocycles. The number of nitrogens with one attached hydrogen (secondary N) is 1. The molecule has 0 spiro atoms. The van der Waals surface area contributed by atoms with Crippen LogP contribution >= 0.6 is 11.8 Å². The molecule has 0 aliphatic rings. The van der Waals surface area contributed by atoms with E-state index in [0.29, 0.717) is 0 Å². The lowest BCUT2D eigenvalue weighted by Crippen LogP contribution is -2.29. The number of hydrogen-bond acceptors (Lipinski definition) is 4. The number of pyridine rings is 1. The molecule has 0 saturated carbocycles. The molecule has 1 aromatic rings. The molecule has 0 aliphatic carbocycles. The fourth-order valence-electron chi connectivity index (χ4n) is 1.00. The smallest absolute Gasteiger partial charge is 0.105 e. The Labute approximate surface area is 88.5 Å². The largest absolute Gasteiger partial charge is 0.302 e. The minimum absolute atomic E-state index is 0.0711. The number of hydrogen-bond donors (Lipinski definition) is 1. The summed E-state index contributed by atoms with van der Waals surface area (Å²) in [4.78, 5) is 5.09. The first-order valence-electron chi connectivity index (χ1n) is 4.52. The van der Waals surface area contributed by atoms with E-state index >= 15 is 0 Å². The number of thioether (sulfide) groups is 1. The topological polar surface area (TPSA) is 48.7 Å². The normalized spacial score (nSPS) is 12.0. The van der Waals surface area contributed by atoms with E-state index in [1.54, 1.807) is 24.2 Å². The lowest BCUT2D eigenvalue weighted by Gasteiger charge is -2.08. The van der Waals surface area contributed by atoms with Gasteiger partial charge in [0.25, 0.3) is 0 Å². The molecule has 1 unspecified atom stereocenters. The molecule has 0 fully saturated rings. The first-order valence-corrected chi connectivity index (χ1v) is 5.51. The average molecular weight is 207 g/mol. The second kappa shape index (κ2) is 6.41. The van der Waals surface area contributed by atoms with Gasteiger partial charge in [-0.15, -0.1) is 11.8 Å². The van der Waals surface area contributed by atoms with Gasteiger partial charge in [-0.05, 0) is 18.7 Å². The highest BCUT2D eigenvalue weighted by molar-refractivity contribution is 7.99. The predicted octanol–water partition coefficient (Wildman–Crippen LogP) is 1.68. The van der Waals surface area contributed by atoms with E-state index < -0.39 is 0 Å². The third kappa shape index (κ3) is 3.77. The Morgan fingerprint density at radius 2 is 2.29 bits per heavy atom. The molecule has 14 heavy (non-hydrogen) atoms. The minimum Gasteiger partial charge on any atom is -0.302 e. The molecule has 4 heteroatoms. The molecule has 0 aliphatic heterocycles. The van der Waals surface area contributed by atoms with Crippen molar-refractivity contribution in [3.05, 3.63) is 24.5 Å². The van der Waals surface area contributed by atoms with Crippen LogP contribution in [0, 0.1) is 11.3 Å². The van der Waals surface area contributed by atoms with Crippen LogP contribution in [0.5, 0.6) is 0 Å². The van der Waals surface area contributed by atoms with Gasteiger partial charge >= 0.3 is 0 Å². The fraction of sp³-hybridized carbons (Fsp3) is 0.400. The Kier molecular flexibility index (Phi) is 5.05. The maximum Gasteiger partial charge on any atom is 0.105 e. The van der Waals surface area contributed by atoms with Crippen molar-refractivity contribution in [2.24, 2.45) is 0 Å². The van der Waals surface area contributed by atoms with E-state index in [1.165, 1.54) is 0 Å². The van der Waals surface area contributed by atoms with E-state index in [9.17, 15) is 0 Å². The highest BCUT2D eigenvalue weighted by atomic mass is 32.2. The van der Waals surface area contributed by atoms with Gasteiger partial charge in [0.05, 0.1) is 6.07 Å². The zero-order chi connectivity index (χ0) is 10.2.